The molecule has 0 saturated carbocycles. The molecule has 0 saturated heterocycles. The van der Waals surface area contributed by atoms with Crippen LogP contribution in [0.2, 0.25) is 0 Å². The second kappa shape index (κ2) is 3.38. The molecule has 4 heteroatoms. The molecule has 65 valence electrons. The Balaban J connectivity index is 2.88. The number of hydrogen-bond acceptors (Lipinski definition) is 2. The Morgan fingerprint density at radius 2 is 2.33 bits per heavy atom. The van der Waals surface area contributed by atoms with Gasteiger partial charge >= 0.3 is 0 Å². The molecule has 0 bridgehead atoms. The van der Waals surface area contributed by atoms with E-state index in [2.05, 4.69) is 11.2 Å². The van der Waals surface area contributed by atoms with Gasteiger partial charge in [-0.3, -0.25) is 9.48 Å². The molecule has 1 aromatic rings. The Bertz CT molecular complexity index is 253. The maximum Gasteiger partial charge on any atom is 0.242 e. The van der Waals surface area contributed by atoms with E-state index in [9.17, 15) is 4.79 Å². The predicted octanol–water partition coefficient (Wildman–Crippen LogP) is 0.366. The van der Waals surface area contributed by atoms with E-state index in [1.54, 1.807) is 6.20 Å². The highest BCUT2D eigenvalue weighted by molar-refractivity contribution is 5.78. The van der Waals surface area contributed by atoms with E-state index in [-0.39, 0.29) is 17.9 Å². The Hall–Kier alpha value is -1.32. The quantitative estimate of drug-likeness (QED) is 0.705. The van der Waals surface area contributed by atoms with Crippen LogP contribution in [-0.4, -0.2) is 15.7 Å². The fraction of sp³-hybridized carbons (Fsp3) is 0.500. The van der Waals surface area contributed by atoms with Gasteiger partial charge in [0.25, 0.3) is 0 Å². The number of amides is 1. The van der Waals surface area contributed by atoms with Crippen LogP contribution in [-0.2, 0) is 4.79 Å². The van der Waals surface area contributed by atoms with Gasteiger partial charge < -0.3 is 5.73 Å². The minimum absolute atomic E-state index is 0.149. The van der Waals surface area contributed by atoms with Gasteiger partial charge in [0.1, 0.15) is 6.04 Å². The van der Waals surface area contributed by atoms with E-state index in [1.807, 2.05) is 13.8 Å². The Morgan fingerprint density at radius 3 is 2.67 bits per heavy atom. The number of rotatable bonds is 3. The summed E-state index contributed by atoms with van der Waals surface area (Å²) in [4.78, 5) is 11.0. The fourth-order valence-corrected chi connectivity index (χ4v) is 1.16. The van der Waals surface area contributed by atoms with Crippen molar-refractivity contribution in [2.45, 2.75) is 19.9 Å². The summed E-state index contributed by atoms with van der Waals surface area (Å²) in [5.41, 5.74) is 5.22. The minimum atomic E-state index is -0.365. The van der Waals surface area contributed by atoms with Crippen molar-refractivity contribution in [1.29, 1.82) is 0 Å². The van der Waals surface area contributed by atoms with Gasteiger partial charge in [0.15, 0.2) is 0 Å². The fourth-order valence-electron chi connectivity index (χ4n) is 1.16. The zero-order valence-corrected chi connectivity index (χ0v) is 7.19. The third kappa shape index (κ3) is 1.64. The summed E-state index contributed by atoms with van der Waals surface area (Å²) in [6.07, 6.45) is 3.13. The van der Waals surface area contributed by atoms with Crippen LogP contribution in [0.5, 0.6) is 0 Å². The van der Waals surface area contributed by atoms with Crippen molar-refractivity contribution < 1.29 is 4.79 Å². The van der Waals surface area contributed by atoms with Gasteiger partial charge in [-0.15, -0.1) is 0 Å². The average Bonchev–Trinajstić information content (AvgIpc) is 2.37. The van der Waals surface area contributed by atoms with Crippen molar-refractivity contribution in [2.24, 2.45) is 11.7 Å². The minimum Gasteiger partial charge on any atom is -0.368 e. The van der Waals surface area contributed by atoms with E-state index in [4.69, 9.17) is 5.73 Å². The maximum absolute atomic E-state index is 11.0. The second-order valence-electron chi connectivity index (χ2n) is 3.01. The average molecular weight is 166 g/mol. The molecule has 1 unspecified atom stereocenters. The Morgan fingerprint density at radius 1 is 1.67 bits per heavy atom. The van der Waals surface area contributed by atoms with Crippen LogP contribution < -0.4 is 5.73 Å². The van der Waals surface area contributed by atoms with Gasteiger partial charge in [-0.25, -0.2) is 0 Å². The number of nitrogens with two attached hydrogens (primary N) is 1. The molecule has 1 atom stereocenters. The van der Waals surface area contributed by atoms with E-state index >= 15 is 0 Å². The summed E-state index contributed by atoms with van der Waals surface area (Å²) < 4.78 is 1.53. The Labute approximate surface area is 71.4 Å². The molecule has 0 spiro atoms. The van der Waals surface area contributed by atoms with Crippen molar-refractivity contribution in [2.75, 3.05) is 0 Å². The van der Waals surface area contributed by atoms with Gasteiger partial charge in [-0.2, -0.15) is 5.10 Å². The monoisotopic (exact) mass is 166 g/mol. The number of primary amides is 1. The van der Waals surface area contributed by atoms with Crippen molar-refractivity contribution in [3.63, 3.8) is 0 Å². The molecule has 1 heterocycles. The van der Waals surface area contributed by atoms with Crippen molar-refractivity contribution in [1.82, 2.24) is 9.78 Å². The lowest BCUT2D eigenvalue weighted by Crippen LogP contribution is -2.30. The smallest absolute Gasteiger partial charge is 0.242 e. The van der Waals surface area contributed by atoms with Crippen molar-refractivity contribution in [3.8, 4) is 0 Å². The van der Waals surface area contributed by atoms with E-state index < -0.39 is 0 Å². The molecular formula is C8H12N3O. The normalized spacial score (nSPS) is 13.2. The lowest BCUT2D eigenvalue weighted by atomic mass is 10.0. The third-order valence-electron chi connectivity index (χ3n) is 1.68. The molecular weight excluding hydrogens is 154 g/mol. The SMILES string of the molecule is CC(C)C(C(N)=O)n1c[c]cn1. The zero-order valence-electron chi connectivity index (χ0n) is 7.19. The molecule has 1 amide bonds. The molecule has 1 radical (unpaired) electrons. The first kappa shape index (κ1) is 8.77. The molecule has 1 rings (SSSR count). The topological polar surface area (TPSA) is 60.9 Å². The molecule has 0 aliphatic heterocycles. The van der Waals surface area contributed by atoms with Gasteiger partial charge in [0, 0.05) is 12.3 Å². The number of aromatic nitrogens is 2. The lowest BCUT2D eigenvalue weighted by Gasteiger charge is -2.17. The highest BCUT2D eigenvalue weighted by Gasteiger charge is 2.21. The lowest BCUT2D eigenvalue weighted by molar-refractivity contribution is -0.122. The standard InChI is InChI=1S/C8H12N3O/c1-6(2)7(8(9)12)11-5-3-4-10-11/h4-7H,1-2H3,(H2,9,12). The van der Waals surface area contributed by atoms with Crippen LogP contribution in [0.3, 0.4) is 0 Å². The molecule has 2 N–H and O–H groups in total. The summed E-state index contributed by atoms with van der Waals surface area (Å²) in [5, 5.41) is 3.92. The van der Waals surface area contributed by atoms with Gasteiger partial charge in [-0.1, -0.05) is 13.8 Å². The van der Waals surface area contributed by atoms with Crippen LogP contribution in [0.1, 0.15) is 19.9 Å². The third-order valence-corrected chi connectivity index (χ3v) is 1.68. The summed E-state index contributed by atoms with van der Waals surface area (Å²) in [7, 11) is 0. The predicted molar refractivity (Wildman–Crippen MR) is 44.1 cm³/mol. The van der Waals surface area contributed by atoms with Crippen molar-refractivity contribution >= 4 is 5.91 Å². The van der Waals surface area contributed by atoms with E-state index in [1.165, 1.54) is 10.9 Å². The molecule has 0 aromatic carbocycles. The first-order valence-corrected chi connectivity index (χ1v) is 3.82. The second-order valence-corrected chi connectivity index (χ2v) is 3.01. The highest BCUT2D eigenvalue weighted by Crippen LogP contribution is 2.14. The molecule has 0 fully saturated rings. The molecule has 0 aliphatic rings. The highest BCUT2D eigenvalue weighted by atomic mass is 16.1. The number of carbonyl (C=O) groups excluding carboxylic acids is 1. The summed E-state index contributed by atoms with van der Waals surface area (Å²) in [5.74, 6) is -0.210. The van der Waals surface area contributed by atoms with E-state index in [0.717, 1.165) is 0 Å². The molecule has 12 heavy (non-hydrogen) atoms. The van der Waals surface area contributed by atoms with Crippen LogP contribution in [0.25, 0.3) is 0 Å². The Kier molecular flexibility index (Phi) is 2.47. The molecule has 0 aliphatic carbocycles. The summed E-state index contributed by atoms with van der Waals surface area (Å²) >= 11 is 0. The van der Waals surface area contributed by atoms with E-state index in [0.29, 0.717) is 0 Å². The largest absolute Gasteiger partial charge is 0.368 e. The number of hydrogen-bond donors (Lipinski definition) is 1. The number of nitrogens with zero attached hydrogens (tertiary/aromatic N) is 2. The van der Waals surface area contributed by atoms with Crippen LogP contribution in [0.4, 0.5) is 0 Å². The zero-order chi connectivity index (χ0) is 9.14. The van der Waals surface area contributed by atoms with Crippen LogP contribution in [0.15, 0.2) is 12.4 Å². The first-order chi connectivity index (χ1) is 5.63. The van der Waals surface area contributed by atoms with Crippen LogP contribution in [0, 0.1) is 12.0 Å². The first-order valence-electron chi connectivity index (χ1n) is 3.82. The van der Waals surface area contributed by atoms with Gasteiger partial charge in [0.2, 0.25) is 5.91 Å². The van der Waals surface area contributed by atoms with Gasteiger partial charge in [0.05, 0.1) is 6.20 Å². The number of carbonyl (C=O) groups is 1. The summed E-state index contributed by atoms with van der Waals surface area (Å²) in [6.45, 7) is 3.86. The molecule has 4 nitrogen and oxygen atoms in total. The maximum atomic E-state index is 11.0. The molecule has 1 aromatic heterocycles. The summed E-state index contributed by atoms with van der Waals surface area (Å²) in [6, 6.07) is 2.40. The van der Waals surface area contributed by atoms with Crippen molar-refractivity contribution in [3.05, 3.63) is 18.5 Å². The van der Waals surface area contributed by atoms with Crippen LogP contribution >= 0.6 is 0 Å². The van der Waals surface area contributed by atoms with Gasteiger partial charge in [-0.05, 0) is 5.92 Å².